The summed E-state index contributed by atoms with van der Waals surface area (Å²) in [6.45, 7) is 4.50. The molecule has 0 bridgehead atoms. The zero-order valence-electron chi connectivity index (χ0n) is 16.9. The van der Waals surface area contributed by atoms with E-state index in [9.17, 15) is 13.2 Å². The van der Waals surface area contributed by atoms with Gasteiger partial charge in [-0.25, -0.2) is 12.7 Å². The van der Waals surface area contributed by atoms with Crippen molar-refractivity contribution in [3.05, 3.63) is 70.7 Å². The second-order valence-corrected chi connectivity index (χ2v) is 10.1. The predicted molar refractivity (Wildman–Crippen MR) is 124 cm³/mol. The SMILES string of the molecule is C=CCOc1cccc(NC(=O)C2CCCN(S(=O)(=O)Cc3ccc(Cl)c(Cl)c3)C2)c1. The van der Waals surface area contributed by atoms with Crippen molar-refractivity contribution in [3.63, 3.8) is 0 Å². The number of nitrogens with zero attached hydrogens (tertiary/aromatic N) is 1. The van der Waals surface area contributed by atoms with Gasteiger partial charge in [-0.15, -0.1) is 0 Å². The van der Waals surface area contributed by atoms with Crippen LogP contribution < -0.4 is 10.1 Å². The number of sulfonamides is 1. The topological polar surface area (TPSA) is 75.7 Å². The first-order valence-electron chi connectivity index (χ1n) is 9.85. The first-order chi connectivity index (χ1) is 14.8. The van der Waals surface area contributed by atoms with E-state index in [1.807, 2.05) is 0 Å². The number of ether oxygens (including phenoxy) is 1. The molecule has 1 unspecified atom stereocenters. The Morgan fingerprint density at radius 3 is 2.77 bits per heavy atom. The summed E-state index contributed by atoms with van der Waals surface area (Å²) in [5.41, 5.74) is 1.15. The Morgan fingerprint density at radius 1 is 1.23 bits per heavy atom. The first kappa shape index (κ1) is 23.6. The molecular weight excluding hydrogens is 459 g/mol. The van der Waals surface area contributed by atoms with Gasteiger partial charge in [0.25, 0.3) is 0 Å². The van der Waals surface area contributed by atoms with Gasteiger partial charge in [0.1, 0.15) is 12.4 Å². The van der Waals surface area contributed by atoms with Crippen molar-refractivity contribution in [1.82, 2.24) is 4.31 Å². The van der Waals surface area contributed by atoms with Crippen LogP contribution in [0.5, 0.6) is 5.75 Å². The summed E-state index contributed by atoms with van der Waals surface area (Å²) >= 11 is 11.9. The highest BCUT2D eigenvalue weighted by molar-refractivity contribution is 7.88. The lowest BCUT2D eigenvalue weighted by atomic mass is 9.98. The Kier molecular flexibility index (Phi) is 8.00. The standard InChI is InChI=1S/C22H24Cl2N2O4S/c1-2-11-30-19-7-3-6-18(13-19)25-22(27)17-5-4-10-26(14-17)31(28,29)15-16-8-9-20(23)21(24)12-16/h2-3,6-9,12-13,17H,1,4-5,10-11,14-15H2,(H,25,27). The number of nitrogens with one attached hydrogen (secondary N) is 1. The molecule has 0 aromatic heterocycles. The molecule has 2 aromatic carbocycles. The van der Waals surface area contributed by atoms with E-state index in [1.165, 1.54) is 4.31 Å². The van der Waals surface area contributed by atoms with Gasteiger partial charge in [0, 0.05) is 24.8 Å². The summed E-state index contributed by atoms with van der Waals surface area (Å²) in [6, 6.07) is 11.8. The van der Waals surface area contributed by atoms with Crippen LogP contribution in [0.2, 0.25) is 10.0 Å². The lowest BCUT2D eigenvalue weighted by Gasteiger charge is -2.31. The van der Waals surface area contributed by atoms with Gasteiger partial charge >= 0.3 is 0 Å². The molecule has 1 fully saturated rings. The van der Waals surface area contributed by atoms with Gasteiger partial charge in [-0.3, -0.25) is 4.79 Å². The smallest absolute Gasteiger partial charge is 0.228 e. The Bertz CT molecular complexity index is 1060. The molecule has 9 heteroatoms. The van der Waals surface area contributed by atoms with Crippen molar-refractivity contribution in [2.24, 2.45) is 5.92 Å². The summed E-state index contributed by atoms with van der Waals surface area (Å²) in [7, 11) is -3.60. The monoisotopic (exact) mass is 482 g/mol. The van der Waals surface area contributed by atoms with Crippen molar-refractivity contribution in [2.75, 3.05) is 25.0 Å². The molecule has 1 heterocycles. The molecular formula is C22H24Cl2N2O4S. The molecule has 1 saturated heterocycles. The molecule has 1 amide bonds. The maximum absolute atomic E-state index is 12.9. The second kappa shape index (κ2) is 10.5. The van der Waals surface area contributed by atoms with Gasteiger partial charge in [-0.05, 0) is 42.7 Å². The van der Waals surface area contributed by atoms with Crippen LogP contribution >= 0.6 is 23.2 Å². The Morgan fingerprint density at radius 2 is 2.03 bits per heavy atom. The van der Waals surface area contributed by atoms with Crippen molar-refractivity contribution in [3.8, 4) is 5.75 Å². The average Bonchev–Trinajstić information content (AvgIpc) is 2.75. The minimum atomic E-state index is -3.60. The van der Waals surface area contributed by atoms with Gasteiger partial charge in [0.15, 0.2) is 0 Å². The van der Waals surface area contributed by atoms with Gasteiger partial charge in [0.05, 0.1) is 21.7 Å². The number of carbonyl (C=O) groups excluding carboxylic acids is 1. The fraction of sp³-hybridized carbons (Fsp3) is 0.318. The van der Waals surface area contributed by atoms with Crippen LogP contribution in [0, 0.1) is 5.92 Å². The number of rotatable bonds is 8. The highest BCUT2D eigenvalue weighted by Gasteiger charge is 2.32. The molecule has 0 radical (unpaired) electrons. The van der Waals surface area contributed by atoms with E-state index < -0.39 is 15.9 Å². The molecule has 1 aliphatic rings. The van der Waals surface area contributed by atoms with Crippen LogP contribution in [-0.4, -0.2) is 38.3 Å². The molecule has 2 aromatic rings. The summed E-state index contributed by atoms with van der Waals surface area (Å²) in [5.74, 6) is -0.224. The number of hydrogen-bond donors (Lipinski definition) is 1. The van der Waals surface area contributed by atoms with E-state index in [-0.39, 0.29) is 18.2 Å². The number of anilines is 1. The van der Waals surface area contributed by atoms with Gasteiger partial charge in [0.2, 0.25) is 15.9 Å². The van der Waals surface area contributed by atoms with E-state index in [0.29, 0.717) is 53.0 Å². The normalized spacial score (nSPS) is 17.2. The van der Waals surface area contributed by atoms with Gasteiger partial charge in [-0.2, -0.15) is 0 Å². The number of halogens is 2. The average molecular weight is 483 g/mol. The molecule has 1 aliphatic heterocycles. The zero-order valence-corrected chi connectivity index (χ0v) is 19.2. The molecule has 6 nitrogen and oxygen atoms in total. The van der Waals surface area contributed by atoms with Crippen LogP contribution in [0.3, 0.4) is 0 Å². The van der Waals surface area contributed by atoms with E-state index in [4.69, 9.17) is 27.9 Å². The minimum Gasteiger partial charge on any atom is -0.489 e. The van der Waals surface area contributed by atoms with Gasteiger partial charge < -0.3 is 10.1 Å². The lowest BCUT2D eigenvalue weighted by molar-refractivity contribution is -0.120. The molecule has 3 rings (SSSR count). The number of hydrogen-bond acceptors (Lipinski definition) is 4. The highest BCUT2D eigenvalue weighted by atomic mass is 35.5. The molecule has 0 saturated carbocycles. The molecule has 1 atom stereocenters. The molecule has 31 heavy (non-hydrogen) atoms. The maximum Gasteiger partial charge on any atom is 0.228 e. The Balaban J connectivity index is 1.64. The van der Waals surface area contributed by atoms with Gasteiger partial charge in [-0.1, -0.05) is 48.0 Å². The van der Waals surface area contributed by atoms with Crippen molar-refractivity contribution in [1.29, 1.82) is 0 Å². The van der Waals surface area contributed by atoms with Crippen molar-refractivity contribution in [2.45, 2.75) is 18.6 Å². The number of carbonyl (C=O) groups is 1. The van der Waals surface area contributed by atoms with E-state index in [2.05, 4.69) is 11.9 Å². The second-order valence-electron chi connectivity index (χ2n) is 7.32. The van der Waals surface area contributed by atoms with Crippen LogP contribution in [0.1, 0.15) is 18.4 Å². The lowest BCUT2D eigenvalue weighted by Crippen LogP contribution is -2.44. The fourth-order valence-electron chi connectivity index (χ4n) is 3.40. The van der Waals surface area contributed by atoms with E-state index in [1.54, 1.807) is 48.5 Å². The van der Waals surface area contributed by atoms with Crippen LogP contribution in [0.4, 0.5) is 5.69 Å². The summed E-state index contributed by atoms with van der Waals surface area (Å²) in [5, 5.41) is 3.55. The Labute approximate surface area is 192 Å². The number of amides is 1. The first-order valence-corrected chi connectivity index (χ1v) is 12.2. The largest absolute Gasteiger partial charge is 0.489 e. The fourth-order valence-corrected chi connectivity index (χ4v) is 5.32. The van der Waals surface area contributed by atoms with Crippen molar-refractivity contribution >= 4 is 44.8 Å². The maximum atomic E-state index is 12.9. The summed E-state index contributed by atoms with van der Waals surface area (Å²) in [6.07, 6.45) is 2.87. The predicted octanol–water partition coefficient (Wildman–Crippen LogP) is 4.74. The Hall–Kier alpha value is -2.06. The molecule has 1 N–H and O–H groups in total. The highest BCUT2D eigenvalue weighted by Crippen LogP contribution is 2.27. The quantitative estimate of drug-likeness (QED) is 0.551. The molecule has 0 spiro atoms. The van der Waals surface area contributed by atoms with Crippen LogP contribution in [0.15, 0.2) is 55.1 Å². The molecule has 0 aliphatic carbocycles. The number of benzene rings is 2. The number of piperidine rings is 1. The third-order valence-electron chi connectivity index (χ3n) is 4.95. The van der Waals surface area contributed by atoms with Crippen molar-refractivity contribution < 1.29 is 17.9 Å². The minimum absolute atomic E-state index is 0.141. The zero-order chi connectivity index (χ0) is 22.4. The summed E-state index contributed by atoms with van der Waals surface area (Å²) < 4.78 is 32.7. The van der Waals surface area contributed by atoms with Crippen LogP contribution in [0.25, 0.3) is 0 Å². The van der Waals surface area contributed by atoms with E-state index in [0.717, 1.165) is 0 Å². The van der Waals surface area contributed by atoms with E-state index >= 15 is 0 Å². The van der Waals surface area contributed by atoms with Crippen LogP contribution in [-0.2, 0) is 20.6 Å². The third-order valence-corrected chi connectivity index (χ3v) is 7.51. The summed E-state index contributed by atoms with van der Waals surface area (Å²) in [4.78, 5) is 12.8. The third kappa shape index (κ3) is 6.46. The molecule has 166 valence electrons.